The van der Waals surface area contributed by atoms with E-state index in [1.54, 1.807) is 18.2 Å². The van der Waals surface area contributed by atoms with E-state index in [1.807, 2.05) is 0 Å². The molecule has 7 heteroatoms. The second-order valence-electron chi connectivity index (χ2n) is 4.18. The number of nitrogens with one attached hydrogen (secondary N) is 1. The van der Waals surface area contributed by atoms with Gasteiger partial charge in [0, 0.05) is 19.2 Å². The van der Waals surface area contributed by atoms with Crippen molar-refractivity contribution in [3.8, 4) is 0 Å². The van der Waals surface area contributed by atoms with E-state index in [2.05, 4.69) is 9.97 Å². The summed E-state index contributed by atoms with van der Waals surface area (Å²) in [5.74, 6) is -2.29. The Hall–Kier alpha value is -2.70. The topological polar surface area (TPSA) is 86.3 Å². The molecule has 0 atom stereocenters. The number of hydrogen-bond donors (Lipinski definition) is 2. The van der Waals surface area contributed by atoms with Crippen LogP contribution >= 0.6 is 0 Å². The van der Waals surface area contributed by atoms with Crippen LogP contribution in [0.1, 0.15) is 26.5 Å². The molecule has 0 radical (unpaired) electrons. The molecule has 1 aromatic carbocycles. The summed E-state index contributed by atoms with van der Waals surface area (Å²) in [6, 6.07) is 6.07. The molecule has 0 bridgehead atoms. The molecule has 0 saturated carbocycles. The molecule has 104 valence electrons. The standard InChI is InChI=1S/C13H12FN3O3/c1-17(6-8-4-2-3-5-9(8)14)12(18)10-11(13(19)20)16-7-15-10/h2-5,7H,6H2,1H3,(H,15,16)(H,19,20). The number of aromatic nitrogens is 2. The predicted molar refractivity (Wildman–Crippen MR) is 67.7 cm³/mol. The molecular formula is C13H12FN3O3. The van der Waals surface area contributed by atoms with Crippen LogP contribution in [-0.4, -0.2) is 38.9 Å². The number of carboxylic acid groups (broad SMARTS) is 1. The average molecular weight is 277 g/mol. The van der Waals surface area contributed by atoms with Crippen molar-refractivity contribution in [2.24, 2.45) is 0 Å². The van der Waals surface area contributed by atoms with Gasteiger partial charge in [-0.2, -0.15) is 0 Å². The minimum absolute atomic E-state index is 0.0252. The van der Waals surface area contributed by atoms with Crippen LogP contribution in [0.4, 0.5) is 4.39 Å². The number of nitrogens with zero attached hydrogens (tertiary/aromatic N) is 2. The molecule has 6 nitrogen and oxygen atoms in total. The molecule has 0 fully saturated rings. The van der Waals surface area contributed by atoms with Gasteiger partial charge in [-0.15, -0.1) is 0 Å². The molecule has 0 saturated heterocycles. The highest BCUT2D eigenvalue weighted by molar-refractivity contribution is 6.02. The van der Waals surface area contributed by atoms with Crippen LogP contribution in [0.25, 0.3) is 0 Å². The van der Waals surface area contributed by atoms with Gasteiger partial charge in [-0.3, -0.25) is 4.79 Å². The van der Waals surface area contributed by atoms with Gasteiger partial charge in [-0.1, -0.05) is 18.2 Å². The van der Waals surface area contributed by atoms with E-state index >= 15 is 0 Å². The Morgan fingerprint density at radius 3 is 2.75 bits per heavy atom. The molecule has 0 aliphatic carbocycles. The highest BCUT2D eigenvalue weighted by atomic mass is 19.1. The summed E-state index contributed by atoms with van der Waals surface area (Å²) < 4.78 is 13.5. The third kappa shape index (κ3) is 2.66. The lowest BCUT2D eigenvalue weighted by Gasteiger charge is -2.16. The van der Waals surface area contributed by atoms with Crippen LogP contribution in [0.15, 0.2) is 30.6 Å². The fourth-order valence-electron chi connectivity index (χ4n) is 1.75. The molecule has 1 heterocycles. The molecule has 1 amide bonds. The number of aromatic amines is 1. The Morgan fingerprint density at radius 2 is 2.10 bits per heavy atom. The monoisotopic (exact) mass is 277 g/mol. The number of benzene rings is 1. The zero-order chi connectivity index (χ0) is 14.7. The van der Waals surface area contributed by atoms with Gasteiger partial charge in [-0.05, 0) is 6.07 Å². The number of rotatable bonds is 4. The van der Waals surface area contributed by atoms with E-state index in [0.717, 1.165) is 6.33 Å². The number of hydrogen-bond acceptors (Lipinski definition) is 3. The van der Waals surface area contributed by atoms with Crippen molar-refractivity contribution >= 4 is 11.9 Å². The minimum Gasteiger partial charge on any atom is -0.477 e. The highest BCUT2D eigenvalue weighted by Crippen LogP contribution is 2.12. The van der Waals surface area contributed by atoms with Crippen LogP contribution < -0.4 is 0 Å². The van der Waals surface area contributed by atoms with Crippen LogP contribution in [0, 0.1) is 5.82 Å². The highest BCUT2D eigenvalue weighted by Gasteiger charge is 2.23. The van der Waals surface area contributed by atoms with Gasteiger partial charge in [0.1, 0.15) is 5.82 Å². The minimum atomic E-state index is -1.27. The lowest BCUT2D eigenvalue weighted by Crippen LogP contribution is -2.28. The lowest BCUT2D eigenvalue weighted by molar-refractivity contribution is 0.0673. The Balaban J connectivity index is 2.19. The van der Waals surface area contributed by atoms with Crippen LogP contribution in [0.2, 0.25) is 0 Å². The van der Waals surface area contributed by atoms with Gasteiger partial charge < -0.3 is 15.0 Å². The summed E-state index contributed by atoms with van der Waals surface area (Å²) in [6.07, 6.45) is 1.13. The van der Waals surface area contributed by atoms with Crippen molar-refractivity contribution in [1.82, 2.24) is 14.9 Å². The summed E-state index contributed by atoms with van der Waals surface area (Å²) >= 11 is 0. The number of halogens is 1. The van der Waals surface area contributed by atoms with Gasteiger partial charge in [0.15, 0.2) is 11.4 Å². The van der Waals surface area contributed by atoms with Gasteiger partial charge in [0.05, 0.1) is 6.33 Å². The largest absolute Gasteiger partial charge is 0.477 e. The maximum atomic E-state index is 13.5. The molecule has 20 heavy (non-hydrogen) atoms. The van der Waals surface area contributed by atoms with Gasteiger partial charge >= 0.3 is 5.97 Å². The first kappa shape index (κ1) is 13.7. The van der Waals surface area contributed by atoms with Crippen molar-refractivity contribution in [3.05, 3.63) is 53.4 Å². The second-order valence-corrected chi connectivity index (χ2v) is 4.18. The Morgan fingerprint density at radius 1 is 1.40 bits per heavy atom. The maximum absolute atomic E-state index is 13.5. The summed E-state index contributed by atoms with van der Waals surface area (Å²) in [5.41, 5.74) is -0.137. The normalized spacial score (nSPS) is 10.3. The number of aromatic carboxylic acids is 1. The molecule has 2 aromatic rings. The van der Waals surface area contributed by atoms with E-state index in [4.69, 9.17) is 5.11 Å². The molecule has 0 unspecified atom stereocenters. The SMILES string of the molecule is CN(Cc1ccccc1F)C(=O)c1nc[nH]c1C(=O)O. The van der Waals surface area contributed by atoms with Crippen molar-refractivity contribution in [3.63, 3.8) is 0 Å². The molecule has 0 spiro atoms. The number of H-pyrrole nitrogens is 1. The van der Waals surface area contributed by atoms with E-state index in [1.165, 1.54) is 18.0 Å². The summed E-state index contributed by atoms with van der Waals surface area (Å²) in [6.45, 7) is 0.0252. The zero-order valence-electron chi connectivity index (χ0n) is 10.6. The number of carboxylic acids is 1. The van der Waals surface area contributed by atoms with Crippen LogP contribution in [0.5, 0.6) is 0 Å². The van der Waals surface area contributed by atoms with Gasteiger partial charge in [0.2, 0.25) is 0 Å². The first-order valence-corrected chi connectivity index (χ1v) is 5.76. The zero-order valence-corrected chi connectivity index (χ0v) is 10.6. The fraction of sp³-hybridized carbons (Fsp3) is 0.154. The number of carbonyl (C=O) groups is 2. The maximum Gasteiger partial charge on any atom is 0.354 e. The van der Waals surface area contributed by atoms with E-state index in [9.17, 15) is 14.0 Å². The quantitative estimate of drug-likeness (QED) is 0.887. The summed E-state index contributed by atoms with van der Waals surface area (Å²) in [5, 5.41) is 8.92. The molecule has 2 N–H and O–H groups in total. The number of amides is 1. The molecular weight excluding hydrogens is 265 g/mol. The van der Waals surface area contributed by atoms with Crippen molar-refractivity contribution in [2.45, 2.75) is 6.54 Å². The number of imidazole rings is 1. The molecule has 2 rings (SSSR count). The van der Waals surface area contributed by atoms with Crippen molar-refractivity contribution in [1.29, 1.82) is 0 Å². The molecule has 1 aromatic heterocycles. The third-order valence-corrected chi connectivity index (χ3v) is 2.77. The van der Waals surface area contributed by atoms with Gasteiger partial charge in [-0.25, -0.2) is 14.2 Å². The van der Waals surface area contributed by atoms with E-state index in [0.29, 0.717) is 5.56 Å². The van der Waals surface area contributed by atoms with Gasteiger partial charge in [0.25, 0.3) is 5.91 Å². The predicted octanol–water partition coefficient (Wildman–Crippen LogP) is 1.52. The Bertz CT molecular complexity index is 654. The smallest absolute Gasteiger partial charge is 0.354 e. The summed E-state index contributed by atoms with van der Waals surface area (Å²) in [7, 11) is 1.45. The summed E-state index contributed by atoms with van der Waals surface area (Å²) in [4.78, 5) is 30.3. The fourth-order valence-corrected chi connectivity index (χ4v) is 1.75. The van der Waals surface area contributed by atoms with Crippen LogP contribution in [-0.2, 0) is 6.54 Å². The Kier molecular flexibility index (Phi) is 3.79. The first-order valence-electron chi connectivity index (χ1n) is 5.76. The molecule has 0 aliphatic rings. The number of carbonyl (C=O) groups excluding carboxylic acids is 1. The second kappa shape index (κ2) is 5.52. The third-order valence-electron chi connectivity index (χ3n) is 2.77. The van der Waals surface area contributed by atoms with E-state index in [-0.39, 0.29) is 17.9 Å². The Labute approximate surface area is 113 Å². The van der Waals surface area contributed by atoms with Crippen molar-refractivity contribution < 1.29 is 19.1 Å². The van der Waals surface area contributed by atoms with Crippen LogP contribution in [0.3, 0.4) is 0 Å². The first-order chi connectivity index (χ1) is 9.50. The van der Waals surface area contributed by atoms with E-state index < -0.39 is 17.7 Å². The molecule has 0 aliphatic heterocycles. The lowest BCUT2D eigenvalue weighted by atomic mass is 10.2. The average Bonchev–Trinajstić information content (AvgIpc) is 2.89. The van der Waals surface area contributed by atoms with Crippen molar-refractivity contribution in [2.75, 3.05) is 7.05 Å².